The molecule has 0 radical (unpaired) electrons. The molecule has 126 valence electrons. The van der Waals surface area contributed by atoms with E-state index < -0.39 is 0 Å². The van der Waals surface area contributed by atoms with Gasteiger partial charge in [0.2, 0.25) is 0 Å². The van der Waals surface area contributed by atoms with Crippen LogP contribution >= 0.6 is 0 Å². The number of ether oxygens (including phenoxy) is 1. The second-order valence-electron chi connectivity index (χ2n) is 5.26. The third-order valence-electron chi connectivity index (χ3n) is 3.45. The molecule has 0 saturated heterocycles. The Kier molecular flexibility index (Phi) is 5.05. The molecule has 2 heterocycles. The van der Waals surface area contributed by atoms with E-state index in [4.69, 9.17) is 9.57 Å². The fraction of sp³-hybridized carbons (Fsp3) is 0.375. The molecular formula is C16H19N5O3. The Morgan fingerprint density at radius 1 is 1.33 bits per heavy atom. The first kappa shape index (κ1) is 16.0. The minimum absolute atomic E-state index is 0.216. The molecule has 0 fully saturated rings. The second-order valence-corrected chi connectivity index (χ2v) is 5.26. The molecule has 0 aliphatic carbocycles. The lowest BCUT2D eigenvalue weighted by Gasteiger charge is -2.06. The van der Waals surface area contributed by atoms with E-state index >= 15 is 0 Å². The number of carbonyl (C=O) groups excluding carboxylic acids is 1. The Hall–Kier alpha value is -2.90. The molecule has 8 nitrogen and oxygen atoms in total. The predicted octanol–water partition coefficient (Wildman–Crippen LogP) is 1.45. The predicted molar refractivity (Wildman–Crippen MR) is 86.2 cm³/mol. The highest BCUT2D eigenvalue weighted by Crippen LogP contribution is 2.14. The van der Waals surface area contributed by atoms with E-state index in [-0.39, 0.29) is 5.97 Å². The fourth-order valence-corrected chi connectivity index (χ4v) is 2.33. The van der Waals surface area contributed by atoms with Gasteiger partial charge in [-0.15, -0.1) is 5.10 Å². The molecule has 1 aromatic carbocycles. The Morgan fingerprint density at radius 2 is 2.25 bits per heavy atom. The van der Waals surface area contributed by atoms with Crippen molar-refractivity contribution in [1.29, 1.82) is 0 Å². The van der Waals surface area contributed by atoms with Crippen LogP contribution in [0.25, 0.3) is 11.0 Å². The standard InChI is InChI=1S/C16H19N5O3/c1-2-23-16(22)4-3-9-24-21-15-10-13(5-6-14(15)18-19-21)11-20-8-7-17-12-20/h5-8,10,12H,2-4,9,11H2,1H3. The molecular weight excluding hydrogens is 310 g/mol. The molecule has 0 amide bonds. The van der Waals surface area contributed by atoms with Gasteiger partial charge in [0, 0.05) is 25.4 Å². The molecule has 0 unspecified atom stereocenters. The summed E-state index contributed by atoms with van der Waals surface area (Å²) in [6.07, 6.45) is 6.31. The number of carbonyl (C=O) groups is 1. The van der Waals surface area contributed by atoms with Crippen LogP contribution in [0.2, 0.25) is 0 Å². The molecule has 24 heavy (non-hydrogen) atoms. The molecule has 3 aromatic rings. The van der Waals surface area contributed by atoms with Gasteiger partial charge < -0.3 is 14.1 Å². The van der Waals surface area contributed by atoms with Crippen molar-refractivity contribution in [2.75, 3.05) is 13.2 Å². The summed E-state index contributed by atoms with van der Waals surface area (Å²) in [6.45, 7) is 3.26. The van der Waals surface area contributed by atoms with E-state index in [9.17, 15) is 4.79 Å². The van der Waals surface area contributed by atoms with E-state index in [1.165, 1.54) is 4.85 Å². The number of benzene rings is 1. The number of hydrogen-bond donors (Lipinski definition) is 0. The third kappa shape index (κ3) is 3.89. The van der Waals surface area contributed by atoms with Crippen LogP contribution in [-0.2, 0) is 16.1 Å². The lowest BCUT2D eigenvalue weighted by molar-refractivity contribution is -0.143. The van der Waals surface area contributed by atoms with E-state index in [2.05, 4.69) is 15.3 Å². The maximum absolute atomic E-state index is 11.3. The van der Waals surface area contributed by atoms with Gasteiger partial charge in [0.15, 0.2) is 0 Å². The average Bonchev–Trinajstić information content (AvgIpc) is 3.22. The summed E-state index contributed by atoms with van der Waals surface area (Å²) in [6, 6.07) is 5.90. The van der Waals surface area contributed by atoms with Crippen LogP contribution in [0, 0.1) is 0 Å². The zero-order valence-corrected chi connectivity index (χ0v) is 13.5. The topological polar surface area (TPSA) is 84.1 Å². The largest absolute Gasteiger partial charge is 0.466 e. The van der Waals surface area contributed by atoms with E-state index in [0.717, 1.165) is 16.6 Å². The Bertz CT molecular complexity index is 797. The number of hydrogen-bond acceptors (Lipinski definition) is 6. The zero-order chi connectivity index (χ0) is 16.8. The highest BCUT2D eigenvalue weighted by Gasteiger charge is 2.08. The van der Waals surface area contributed by atoms with Crippen LogP contribution < -0.4 is 4.84 Å². The van der Waals surface area contributed by atoms with Crippen molar-refractivity contribution < 1.29 is 14.4 Å². The van der Waals surface area contributed by atoms with Crippen molar-refractivity contribution in [2.45, 2.75) is 26.3 Å². The van der Waals surface area contributed by atoms with Gasteiger partial charge in [-0.2, -0.15) is 0 Å². The smallest absolute Gasteiger partial charge is 0.305 e. The van der Waals surface area contributed by atoms with E-state index in [1.807, 2.05) is 29.0 Å². The summed E-state index contributed by atoms with van der Waals surface area (Å²) >= 11 is 0. The zero-order valence-electron chi connectivity index (χ0n) is 13.5. The summed E-state index contributed by atoms with van der Waals surface area (Å²) in [4.78, 5) is 22.3. The first-order valence-electron chi connectivity index (χ1n) is 7.85. The molecule has 0 aliphatic rings. The fourth-order valence-electron chi connectivity index (χ4n) is 2.33. The highest BCUT2D eigenvalue weighted by atomic mass is 16.7. The van der Waals surface area contributed by atoms with Gasteiger partial charge in [-0.25, -0.2) is 4.98 Å². The summed E-state index contributed by atoms with van der Waals surface area (Å²) in [7, 11) is 0. The number of esters is 1. The number of aromatic nitrogens is 5. The van der Waals surface area contributed by atoms with Crippen LogP contribution in [0.5, 0.6) is 0 Å². The molecule has 0 atom stereocenters. The molecule has 2 aromatic heterocycles. The quantitative estimate of drug-likeness (QED) is 0.459. The van der Waals surface area contributed by atoms with E-state index in [0.29, 0.717) is 32.6 Å². The van der Waals surface area contributed by atoms with E-state index in [1.54, 1.807) is 19.4 Å². The lowest BCUT2D eigenvalue weighted by atomic mass is 10.2. The number of nitrogens with zero attached hydrogens (tertiary/aromatic N) is 5. The summed E-state index contributed by atoms with van der Waals surface area (Å²) in [5, 5.41) is 8.07. The van der Waals surface area contributed by atoms with Gasteiger partial charge in [-0.1, -0.05) is 10.9 Å². The SMILES string of the molecule is CCOC(=O)CCCOn1nnc2ccc(Cn3ccnc3)cc21. The summed E-state index contributed by atoms with van der Waals surface area (Å²) in [5.74, 6) is -0.216. The second kappa shape index (κ2) is 7.58. The summed E-state index contributed by atoms with van der Waals surface area (Å²) in [5.41, 5.74) is 2.65. The van der Waals surface area contributed by atoms with Crippen LogP contribution in [0.4, 0.5) is 0 Å². The maximum Gasteiger partial charge on any atom is 0.305 e. The van der Waals surface area contributed by atoms with Crippen LogP contribution in [0.3, 0.4) is 0 Å². The van der Waals surface area contributed by atoms with Gasteiger partial charge in [0.25, 0.3) is 0 Å². The molecule has 8 heteroatoms. The number of rotatable bonds is 8. The van der Waals surface area contributed by atoms with Gasteiger partial charge in [-0.05, 0) is 36.3 Å². The molecule has 0 aliphatic heterocycles. The molecule has 0 spiro atoms. The number of imidazole rings is 1. The minimum atomic E-state index is -0.216. The van der Waals surface area contributed by atoms with Crippen LogP contribution in [0.1, 0.15) is 25.3 Å². The minimum Gasteiger partial charge on any atom is -0.466 e. The van der Waals surface area contributed by atoms with Crippen molar-refractivity contribution in [3.8, 4) is 0 Å². The Labute approximate surface area is 139 Å². The van der Waals surface area contributed by atoms with Crippen LogP contribution in [0.15, 0.2) is 36.9 Å². The van der Waals surface area contributed by atoms with Crippen LogP contribution in [-0.4, -0.2) is 43.9 Å². The van der Waals surface area contributed by atoms with Gasteiger partial charge >= 0.3 is 5.97 Å². The normalized spacial score (nSPS) is 10.9. The average molecular weight is 329 g/mol. The molecule has 3 rings (SSSR count). The summed E-state index contributed by atoms with van der Waals surface area (Å²) < 4.78 is 6.86. The van der Waals surface area contributed by atoms with Crippen molar-refractivity contribution in [1.82, 2.24) is 24.7 Å². The Morgan fingerprint density at radius 3 is 3.04 bits per heavy atom. The third-order valence-corrected chi connectivity index (χ3v) is 3.45. The van der Waals surface area contributed by atoms with Gasteiger partial charge in [-0.3, -0.25) is 4.79 Å². The molecule has 0 saturated carbocycles. The monoisotopic (exact) mass is 329 g/mol. The first-order chi connectivity index (χ1) is 11.8. The first-order valence-corrected chi connectivity index (χ1v) is 7.85. The molecule has 0 bridgehead atoms. The lowest BCUT2D eigenvalue weighted by Crippen LogP contribution is -2.16. The van der Waals surface area contributed by atoms with Crippen molar-refractivity contribution in [2.24, 2.45) is 0 Å². The molecule has 0 N–H and O–H groups in total. The van der Waals surface area contributed by atoms with Crippen molar-refractivity contribution in [3.05, 3.63) is 42.5 Å². The Balaban J connectivity index is 1.62. The highest BCUT2D eigenvalue weighted by molar-refractivity contribution is 5.74. The maximum atomic E-state index is 11.3. The van der Waals surface area contributed by atoms with Gasteiger partial charge in [0.05, 0.1) is 12.9 Å². The number of fused-ring (bicyclic) bond motifs is 1. The van der Waals surface area contributed by atoms with Crippen molar-refractivity contribution in [3.63, 3.8) is 0 Å². The van der Waals surface area contributed by atoms with Crippen molar-refractivity contribution >= 4 is 17.0 Å². The van der Waals surface area contributed by atoms with Gasteiger partial charge in [0.1, 0.15) is 17.6 Å².